The van der Waals surface area contributed by atoms with Gasteiger partial charge in [0.25, 0.3) is 11.8 Å². The second-order valence-corrected chi connectivity index (χ2v) is 13.1. The number of aryl methyl sites for hydroxylation is 1. The number of Topliss-reactive ketones (excluding diaryl/α,β-unsaturated/α-hetero) is 1. The molecule has 0 radical (unpaired) electrons. The normalized spacial score (nSPS) is 11.6. The Kier molecular flexibility index (Phi) is 15.5. The van der Waals surface area contributed by atoms with Crippen molar-refractivity contribution in [3.05, 3.63) is 86.9 Å². The number of carbonyl (C=O) groups is 5. The summed E-state index contributed by atoms with van der Waals surface area (Å²) in [4.78, 5) is 63.2. The second-order valence-electron chi connectivity index (χ2n) is 12.3. The number of alkyl carbamates (subject to hydrolysis) is 1. The molecule has 0 bridgehead atoms. The van der Waals surface area contributed by atoms with Crippen molar-refractivity contribution in [2.24, 2.45) is 0 Å². The summed E-state index contributed by atoms with van der Waals surface area (Å²) < 4.78 is 20.9. The van der Waals surface area contributed by atoms with Gasteiger partial charge in [0.15, 0.2) is 5.78 Å². The highest BCUT2D eigenvalue weighted by atomic mass is 35.5. The van der Waals surface area contributed by atoms with E-state index in [-0.39, 0.29) is 82.6 Å². The first kappa shape index (κ1) is 41.4. The molecule has 0 aliphatic heterocycles. The van der Waals surface area contributed by atoms with Crippen molar-refractivity contribution in [1.82, 2.24) is 16.0 Å². The van der Waals surface area contributed by atoms with Gasteiger partial charge in [0.2, 0.25) is 0 Å². The van der Waals surface area contributed by atoms with Gasteiger partial charge in [-0.05, 0) is 69.2 Å². The molecule has 3 amide bonds. The van der Waals surface area contributed by atoms with E-state index in [1.807, 2.05) is 0 Å². The van der Waals surface area contributed by atoms with E-state index in [1.54, 1.807) is 39.0 Å². The van der Waals surface area contributed by atoms with E-state index >= 15 is 0 Å². The van der Waals surface area contributed by atoms with E-state index in [0.717, 1.165) is 12.7 Å². The topological polar surface area (TPSA) is 199 Å². The van der Waals surface area contributed by atoms with Gasteiger partial charge >= 0.3 is 12.1 Å². The summed E-state index contributed by atoms with van der Waals surface area (Å²) in [5, 5.41) is 27.0. The van der Waals surface area contributed by atoms with E-state index in [9.17, 15) is 34.2 Å². The third-order valence-electron chi connectivity index (χ3n) is 6.96. The van der Waals surface area contributed by atoms with Gasteiger partial charge in [-0.3, -0.25) is 14.4 Å². The Hall–Kier alpha value is -5.05. The standard InChI is InChI=1S/C36H41Cl2N3O11/c1-36(2,3)52-35(48)39-10-11-50-12-13-51-26-16-23(15-25(43)19-26)32(45)40-20-29(34(47)49-4)41-33(46)31-27(37)17-22(18-28(31)38)30(44)9-8-21-6-5-7-24(42)14-21/h5-7,14-19,29,42-43H,8-13,20H2,1-4H3,(H,39,48)(H,40,45)(H,41,46)/t29-/m0/s1. The maximum Gasteiger partial charge on any atom is 0.407 e. The van der Waals surface area contributed by atoms with Crippen LogP contribution in [-0.2, 0) is 25.4 Å². The first-order chi connectivity index (χ1) is 24.6. The maximum absolute atomic E-state index is 13.2. The van der Waals surface area contributed by atoms with Crippen LogP contribution < -0.4 is 20.7 Å². The van der Waals surface area contributed by atoms with Crippen LogP contribution in [0.4, 0.5) is 4.79 Å². The number of halogens is 2. The van der Waals surface area contributed by atoms with Crippen molar-refractivity contribution < 1.29 is 53.1 Å². The van der Waals surface area contributed by atoms with Gasteiger partial charge in [-0.25, -0.2) is 9.59 Å². The number of ketones is 1. The molecule has 3 aromatic carbocycles. The highest BCUT2D eigenvalue weighted by Crippen LogP contribution is 2.28. The Balaban J connectivity index is 1.54. The van der Waals surface area contributed by atoms with Crippen LogP contribution in [0.2, 0.25) is 10.0 Å². The van der Waals surface area contributed by atoms with Crippen molar-refractivity contribution in [2.45, 2.75) is 45.3 Å². The van der Waals surface area contributed by atoms with Crippen LogP contribution in [0.3, 0.4) is 0 Å². The lowest BCUT2D eigenvalue weighted by atomic mass is 10.0. The molecule has 3 rings (SSSR count). The molecule has 0 unspecified atom stereocenters. The lowest BCUT2D eigenvalue weighted by Gasteiger charge is -2.19. The molecule has 0 heterocycles. The summed E-state index contributed by atoms with van der Waals surface area (Å²) in [7, 11) is 1.10. The minimum absolute atomic E-state index is 0.0113. The SMILES string of the molecule is COC(=O)[C@H](CNC(=O)c1cc(O)cc(OCCOCCNC(=O)OC(C)(C)C)c1)NC(=O)c1c(Cl)cc(C(=O)CCc2cccc(O)c2)cc1Cl. The quantitative estimate of drug-likeness (QED) is 0.0717. The molecular formula is C36H41Cl2N3O11. The van der Waals surface area contributed by atoms with Gasteiger partial charge < -0.3 is 45.1 Å². The van der Waals surface area contributed by atoms with Gasteiger partial charge in [0, 0.05) is 36.7 Å². The summed E-state index contributed by atoms with van der Waals surface area (Å²) in [5.41, 5.74) is 0.0891. The van der Waals surface area contributed by atoms with Crippen LogP contribution in [0.5, 0.6) is 17.2 Å². The first-order valence-electron chi connectivity index (χ1n) is 16.0. The zero-order valence-electron chi connectivity index (χ0n) is 29.0. The number of phenols is 2. The molecule has 1 atom stereocenters. The zero-order valence-corrected chi connectivity index (χ0v) is 30.6. The van der Waals surface area contributed by atoms with Gasteiger partial charge in [0.05, 0.1) is 35.9 Å². The minimum atomic E-state index is -1.38. The van der Waals surface area contributed by atoms with E-state index in [1.165, 1.54) is 36.4 Å². The molecule has 52 heavy (non-hydrogen) atoms. The molecule has 3 aromatic rings. The fraction of sp³-hybridized carbons (Fsp3) is 0.361. The van der Waals surface area contributed by atoms with Crippen molar-refractivity contribution in [3.8, 4) is 17.2 Å². The Morgan fingerprint density at radius 3 is 2.19 bits per heavy atom. The molecule has 16 heteroatoms. The number of rotatable bonds is 17. The van der Waals surface area contributed by atoms with Gasteiger partial charge in [0.1, 0.15) is 35.5 Å². The predicted octanol–water partition coefficient (Wildman–Crippen LogP) is 4.84. The number of nitrogens with one attached hydrogen (secondary N) is 3. The van der Waals surface area contributed by atoms with Crippen molar-refractivity contribution in [3.63, 3.8) is 0 Å². The van der Waals surface area contributed by atoms with Crippen molar-refractivity contribution in [1.29, 1.82) is 0 Å². The van der Waals surface area contributed by atoms with Gasteiger partial charge in [-0.1, -0.05) is 35.3 Å². The molecule has 0 aliphatic rings. The molecule has 0 saturated carbocycles. The third-order valence-corrected chi connectivity index (χ3v) is 7.56. The van der Waals surface area contributed by atoms with Gasteiger partial charge in [-0.2, -0.15) is 0 Å². The Labute approximate surface area is 310 Å². The first-order valence-corrected chi connectivity index (χ1v) is 16.8. The summed E-state index contributed by atoms with van der Waals surface area (Å²) in [5.74, 6) is -2.80. The molecule has 0 saturated heterocycles. The lowest BCUT2D eigenvalue weighted by molar-refractivity contribution is -0.142. The molecule has 0 fully saturated rings. The number of ether oxygens (including phenoxy) is 4. The molecule has 0 aliphatic carbocycles. The average molecular weight is 763 g/mol. The fourth-order valence-electron chi connectivity index (χ4n) is 4.59. The summed E-state index contributed by atoms with van der Waals surface area (Å²) in [6, 6.07) is 11.5. The number of phenolic OH excluding ortho intramolecular Hbond substituents is 2. The number of aromatic hydroxyl groups is 2. The van der Waals surface area contributed by atoms with Crippen LogP contribution in [0.25, 0.3) is 0 Å². The van der Waals surface area contributed by atoms with Crippen LogP contribution >= 0.6 is 23.2 Å². The number of amides is 3. The van der Waals surface area contributed by atoms with E-state index < -0.39 is 42.1 Å². The second kappa shape index (κ2) is 19.5. The number of hydrogen-bond donors (Lipinski definition) is 5. The van der Waals surface area contributed by atoms with Crippen molar-refractivity contribution >= 4 is 52.9 Å². The lowest BCUT2D eigenvalue weighted by Crippen LogP contribution is -2.49. The number of carbonyl (C=O) groups excluding carboxylic acids is 5. The molecule has 14 nitrogen and oxygen atoms in total. The molecule has 5 N–H and O–H groups in total. The number of benzene rings is 3. The van der Waals surface area contributed by atoms with Gasteiger partial charge in [-0.15, -0.1) is 0 Å². The zero-order chi connectivity index (χ0) is 38.4. The molecular weight excluding hydrogens is 721 g/mol. The molecule has 280 valence electrons. The molecule has 0 aromatic heterocycles. The monoisotopic (exact) mass is 761 g/mol. The highest BCUT2D eigenvalue weighted by Gasteiger charge is 2.26. The highest BCUT2D eigenvalue weighted by molar-refractivity contribution is 6.40. The summed E-state index contributed by atoms with van der Waals surface area (Å²) in [6.45, 7) is 5.45. The summed E-state index contributed by atoms with van der Waals surface area (Å²) in [6.07, 6.45) is -0.129. The third kappa shape index (κ3) is 13.6. The fourth-order valence-corrected chi connectivity index (χ4v) is 5.24. The number of esters is 1. The van der Waals surface area contributed by atoms with Crippen LogP contribution in [0.15, 0.2) is 54.6 Å². The Morgan fingerprint density at radius 2 is 1.54 bits per heavy atom. The average Bonchev–Trinajstić information content (AvgIpc) is 3.06. The molecule has 0 spiro atoms. The largest absolute Gasteiger partial charge is 0.508 e. The van der Waals surface area contributed by atoms with Crippen LogP contribution in [0.1, 0.15) is 63.8 Å². The maximum atomic E-state index is 13.2. The number of methoxy groups -OCH3 is 1. The Morgan fingerprint density at radius 1 is 0.827 bits per heavy atom. The van der Waals surface area contributed by atoms with E-state index in [0.29, 0.717) is 6.42 Å². The van der Waals surface area contributed by atoms with Crippen molar-refractivity contribution in [2.75, 3.05) is 40.0 Å². The predicted molar refractivity (Wildman–Crippen MR) is 191 cm³/mol. The van der Waals surface area contributed by atoms with Crippen LogP contribution in [0, 0.1) is 0 Å². The summed E-state index contributed by atoms with van der Waals surface area (Å²) >= 11 is 12.7. The Bertz CT molecular complexity index is 1740. The van der Waals surface area contributed by atoms with E-state index in [2.05, 4.69) is 16.0 Å². The smallest absolute Gasteiger partial charge is 0.407 e. The number of hydrogen-bond acceptors (Lipinski definition) is 11. The van der Waals surface area contributed by atoms with Crippen LogP contribution in [-0.4, -0.2) is 91.5 Å². The van der Waals surface area contributed by atoms with E-state index in [4.69, 9.17) is 42.1 Å². The minimum Gasteiger partial charge on any atom is -0.508 e.